The number of hydrogen-bond donors (Lipinski definition) is 1. The van der Waals surface area contributed by atoms with Crippen LogP contribution in [0.3, 0.4) is 0 Å². The molecule has 1 aromatic heterocycles. The number of furan rings is 1. The molecule has 12 heteroatoms. The van der Waals surface area contributed by atoms with Crippen LogP contribution in [0.15, 0.2) is 59.0 Å². The van der Waals surface area contributed by atoms with Crippen molar-refractivity contribution < 1.29 is 14.1 Å². The van der Waals surface area contributed by atoms with E-state index < -0.39 is 10.8 Å². The minimum absolute atomic E-state index is 0.0450. The lowest BCUT2D eigenvalue weighted by Crippen LogP contribution is -2.52. The quantitative estimate of drug-likeness (QED) is 0.174. The predicted molar refractivity (Wildman–Crippen MR) is 146 cm³/mol. The molecule has 0 radical (unpaired) electrons. The maximum atomic E-state index is 12.4. The molecule has 2 aromatic carbocycles. The summed E-state index contributed by atoms with van der Waals surface area (Å²) in [5, 5.41) is 15.6. The number of nitrogens with zero attached hydrogens (tertiary/aromatic N) is 3. The largest absolute Gasteiger partial charge is 0.457 e. The van der Waals surface area contributed by atoms with Gasteiger partial charge in [-0.1, -0.05) is 34.8 Å². The molecule has 1 aliphatic heterocycles. The molecule has 8 nitrogen and oxygen atoms in total. The Labute approximate surface area is 227 Å². The molecule has 0 atom stereocenters. The van der Waals surface area contributed by atoms with Gasteiger partial charge in [-0.05, 0) is 60.8 Å². The highest BCUT2D eigenvalue weighted by Crippen LogP contribution is 2.33. The highest BCUT2D eigenvalue weighted by molar-refractivity contribution is 7.80. The number of nitrogens with one attached hydrogen (secondary N) is 1. The van der Waals surface area contributed by atoms with Gasteiger partial charge in [0.05, 0.1) is 9.95 Å². The van der Waals surface area contributed by atoms with E-state index in [1.807, 2.05) is 9.80 Å². The highest BCUT2D eigenvalue weighted by Gasteiger charge is 2.25. The Kier molecular flexibility index (Phi) is 8.15. The van der Waals surface area contributed by atoms with Crippen LogP contribution in [-0.4, -0.2) is 47.0 Å². The van der Waals surface area contributed by atoms with Gasteiger partial charge in [-0.15, -0.1) is 0 Å². The third kappa shape index (κ3) is 6.17. The number of hydrogen-bond acceptors (Lipinski definition) is 6. The van der Waals surface area contributed by atoms with E-state index in [1.54, 1.807) is 42.5 Å². The van der Waals surface area contributed by atoms with Gasteiger partial charge in [0.2, 0.25) is 5.91 Å². The van der Waals surface area contributed by atoms with Crippen LogP contribution >= 0.6 is 47.0 Å². The van der Waals surface area contributed by atoms with Gasteiger partial charge in [0.15, 0.2) is 5.11 Å². The smallest absolute Gasteiger partial charge is 0.294 e. The summed E-state index contributed by atoms with van der Waals surface area (Å²) < 4.78 is 5.75. The molecular formula is C24H19Cl3N4O4S. The van der Waals surface area contributed by atoms with Crippen LogP contribution in [0.2, 0.25) is 15.1 Å². The second-order valence-corrected chi connectivity index (χ2v) is 9.48. The van der Waals surface area contributed by atoms with Crippen molar-refractivity contribution in [3.63, 3.8) is 0 Å². The topological polar surface area (TPSA) is 91.9 Å². The maximum absolute atomic E-state index is 12.4. The summed E-state index contributed by atoms with van der Waals surface area (Å²) in [4.78, 5) is 27.1. The predicted octanol–water partition coefficient (Wildman–Crippen LogP) is 6.05. The summed E-state index contributed by atoms with van der Waals surface area (Å²) in [5.74, 6) is 0.611. The Morgan fingerprint density at radius 3 is 2.42 bits per heavy atom. The minimum atomic E-state index is -0.448. The molecule has 0 saturated carbocycles. The van der Waals surface area contributed by atoms with E-state index >= 15 is 0 Å². The molecule has 2 heterocycles. The lowest BCUT2D eigenvalue weighted by Gasteiger charge is -2.36. The molecular weight excluding hydrogens is 547 g/mol. The average molecular weight is 566 g/mol. The zero-order valence-electron chi connectivity index (χ0n) is 18.6. The summed E-state index contributed by atoms with van der Waals surface area (Å²) >= 11 is 23.4. The van der Waals surface area contributed by atoms with Gasteiger partial charge in [-0.2, -0.15) is 0 Å². The van der Waals surface area contributed by atoms with Crippen molar-refractivity contribution >= 4 is 75.5 Å². The number of nitro groups is 1. The number of anilines is 1. The molecule has 0 unspecified atom stereocenters. The zero-order valence-corrected chi connectivity index (χ0v) is 21.7. The lowest BCUT2D eigenvalue weighted by molar-refractivity contribution is -0.384. The summed E-state index contributed by atoms with van der Waals surface area (Å²) in [6, 6.07) is 13.2. The van der Waals surface area contributed by atoms with E-state index in [-0.39, 0.29) is 10.8 Å². The first-order valence-electron chi connectivity index (χ1n) is 10.7. The summed E-state index contributed by atoms with van der Waals surface area (Å²) in [6.45, 7) is 1.98. The van der Waals surface area contributed by atoms with Gasteiger partial charge in [-0.25, -0.2) is 0 Å². The third-order valence-electron chi connectivity index (χ3n) is 5.49. The molecule has 186 valence electrons. The van der Waals surface area contributed by atoms with Gasteiger partial charge in [0.1, 0.15) is 17.2 Å². The van der Waals surface area contributed by atoms with Crippen LogP contribution in [0.5, 0.6) is 0 Å². The second kappa shape index (κ2) is 11.3. The molecule has 3 aromatic rings. The first kappa shape index (κ1) is 26.0. The van der Waals surface area contributed by atoms with Gasteiger partial charge in [-0.3, -0.25) is 20.2 Å². The van der Waals surface area contributed by atoms with Gasteiger partial charge in [0.25, 0.3) is 5.69 Å². The number of piperazine rings is 1. The maximum Gasteiger partial charge on any atom is 0.294 e. The van der Waals surface area contributed by atoms with Crippen molar-refractivity contribution in [3.8, 4) is 11.3 Å². The average Bonchev–Trinajstić information content (AvgIpc) is 3.31. The summed E-state index contributed by atoms with van der Waals surface area (Å²) in [7, 11) is 0. The van der Waals surface area contributed by atoms with Crippen LogP contribution in [0.1, 0.15) is 5.76 Å². The van der Waals surface area contributed by atoms with Crippen molar-refractivity contribution in [3.05, 3.63) is 85.5 Å². The number of rotatable bonds is 5. The van der Waals surface area contributed by atoms with Crippen LogP contribution < -0.4 is 10.2 Å². The summed E-state index contributed by atoms with van der Waals surface area (Å²) in [5.41, 5.74) is 1.14. The van der Waals surface area contributed by atoms with E-state index in [0.29, 0.717) is 64.0 Å². The Hall–Kier alpha value is -3.11. The zero-order chi connectivity index (χ0) is 25.8. The van der Waals surface area contributed by atoms with Crippen LogP contribution in [0.25, 0.3) is 17.4 Å². The standard InChI is InChI=1S/C24H19Cl3N4O4S/c25-15-1-5-18(19(27)13-15)22-7-3-17(35-22)4-8-23(32)28-24(36)30-11-9-29(10-12-30)20-6-2-16(26)14-21(20)31(33)34/h1-8,13-14H,9-12H2,(H,28,32,36)/b8-4+. The Balaban J connectivity index is 1.31. The van der Waals surface area contributed by atoms with Crippen molar-refractivity contribution in [2.24, 2.45) is 0 Å². The molecule has 4 rings (SSSR count). The fourth-order valence-electron chi connectivity index (χ4n) is 3.72. The molecule has 36 heavy (non-hydrogen) atoms. The molecule has 0 bridgehead atoms. The highest BCUT2D eigenvalue weighted by atomic mass is 35.5. The van der Waals surface area contributed by atoms with Crippen molar-refractivity contribution in [2.75, 3.05) is 31.1 Å². The molecule has 1 saturated heterocycles. The van der Waals surface area contributed by atoms with E-state index in [0.717, 1.165) is 0 Å². The van der Waals surface area contributed by atoms with Crippen molar-refractivity contribution in [1.82, 2.24) is 10.2 Å². The van der Waals surface area contributed by atoms with E-state index in [9.17, 15) is 14.9 Å². The molecule has 1 aliphatic rings. The first-order chi connectivity index (χ1) is 17.2. The molecule has 1 fully saturated rings. The SMILES string of the molecule is O=C(/C=C/c1ccc(-c2ccc(Cl)cc2Cl)o1)NC(=S)N1CCN(c2ccc(Cl)cc2[N+](=O)[O-])CC1. The number of amides is 1. The fraction of sp³-hybridized carbons (Fsp3) is 0.167. The Morgan fingerprint density at radius 1 is 1.03 bits per heavy atom. The monoisotopic (exact) mass is 564 g/mol. The van der Waals surface area contributed by atoms with Crippen molar-refractivity contribution in [2.45, 2.75) is 0 Å². The number of halogens is 3. The van der Waals surface area contributed by atoms with Crippen LogP contribution in [0, 0.1) is 10.1 Å². The van der Waals surface area contributed by atoms with Gasteiger partial charge >= 0.3 is 0 Å². The number of nitro benzene ring substituents is 1. The number of benzene rings is 2. The molecule has 1 N–H and O–H groups in total. The normalized spacial score (nSPS) is 13.8. The second-order valence-electron chi connectivity index (χ2n) is 7.82. The van der Waals surface area contributed by atoms with E-state index in [1.165, 1.54) is 18.2 Å². The molecule has 0 aliphatic carbocycles. The van der Waals surface area contributed by atoms with Crippen molar-refractivity contribution in [1.29, 1.82) is 0 Å². The van der Waals surface area contributed by atoms with Gasteiger partial charge < -0.3 is 14.2 Å². The van der Waals surface area contributed by atoms with Crippen LogP contribution in [-0.2, 0) is 4.79 Å². The van der Waals surface area contributed by atoms with Crippen LogP contribution in [0.4, 0.5) is 11.4 Å². The molecule has 1 amide bonds. The third-order valence-corrected chi connectivity index (χ3v) is 6.64. The first-order valence-corrected chi connectivity index (χ1v) is 12.3. The van der Waals surface area contributed by atoms with Gasteiger partial charge in [0, 0.05) is 53.9 Å². The summed E-state index contributed by atoms with van der Waals surface area (Å²) in [6.07, 6.45) is 2.86. The van der Waals surface area contributed by atoms with E-state index in [4.69, 9.17) is 51.4 Å². The molecule has 0 spiro atoms. The van der Waals surface area contributed by atoms with E-state index in [2.05, 4.69) is 5.32 Å². The Bertz CT molecular complexity index is 1350. The minimum Gasteiger partial charge on any atom is -0.457 e. The Morgan fingerprint density at radius 2 is 1.72 bits per heavy atom. The fourth-order valence-corrected chi connectivity index (χ4v) is 4.67. The number of thiocarbonyl (C=S) groups is 1. The number of carbonyl (C=O) groups excluding carboxylic acids is 1. The number of carbonyl (C=O) groups is 1. The lowest BCUT2D eigenvalue weighted by atomic mass is 10.2.